The fourth-order valence-electron chi connectivity index (χ4n) is 4.06. The van der Waals surface area contributed by atoms with Gasteiger partial charge in [-0.3, -0.25) is 0 Å². The quantitative estimate of drug-likeness (QED) is 0.795. The summed E-state index contributed by atoms with van der Waals surface area (Å²) in [5.74, 6) is 2.79. The van der Waals surface area contributed by atoms with E-state index in [4.69, 9.17) is 18.9 Å². The van der Waals surface area contributed by atoms with Crippen molar-refractivity contribution in [1.82, 2.24) is 25.5 Å². The van der Waals surface area contributed by atoms with Gasteiger partial charge < -0.3 is 24.3 Å². The van der Waals surface area contributed by atoms with Gasteiger partial charge in [0.1, 0.15) is 18.2 Å². The van der Waals surface area contributed by atoms with Crippen LogP contribution < -0.4 is 14.8 Å². The lowest BCUT2D eigenvalue weighted by Gasteiger charge is -2.18. The molecule has 0 aliphatic carbocycles. The van der Waals surface area contributed by atoms with Crippen molar-refractivity contribution in [2.24, 2.45) is 5.92 Å². The van der Waals surface area contributed by atoms with Crippen LogP contribution in [0.2, 0.25) is 0 Å². The molecule has 3 aliphatic rings. The highest BCUT2D eigenvalue weighted by molar-refractivity contribution is 5.61. The second-order valence-electron chi connectivity index (χ2n) is 7.92. The van der Waals surface area contributed by atoms with E-state index in [1.165, 1.54) is 0 Å². The van der Waals surface area contributed by atoms with Gasteiger partial charge in [-0.25, -0.2) is 4.68 Å². The number of aromatic nitrogens is 4. The van der Waals surface area contributed by atoms with Crippen molar-refractivity contribution < 1.29 is 18.9 Å². The first-order chi connectivity index (χ1) is 13.7. The van der Waals surface area contributed by atoms with E-state index in [1.54, 1.807) is 0 Å². The average Bonchev–Trinajstić information content (AvgIpc) is 3.45. The Hall–Kier alpha value is -2.23. The second kappa shape index (κ2) is 7.31. The SMILES string of the molecule is CC(C)CCN[C@@H]1CO[C@@H]2[C@@H]1OC[C@@H]2n1nnnc1-c1ccc2c(c1)OCO2. The molecule has 1 aromatic heterocycles. The summed E-state index contributed by atoms with van der Waals surface area (Å²) in [4.78, 5) is 0. The van der Waals surface area contributed by atoms with E-state index in [1.807, 2.05) is 22.9 Å². The fraction of sp³-hybridized carbons (Fsp3) is 0.632. The molecule has 1 N–H and O–H groups in total. The minimum atomic E-state index is -0.0622. The summed E-state index contributed by atoms with van der Waals surface area (Å²) in [6.07, 6.45) is 1.09. The van der Waals surface area contributed by atoms with Crippen molar-refractivity contribution in [3.05, 3.63) is 18.2 Å². The van der Waals surface area contributed by atoms with Crippen molar-refractivity contribution in [3.63, 3.8) is 0 Å². The smallest absolute Gasteiger partial charge is 0.231 e. The Bertz CT molecular complexity index is 841. The van der Waals surface area contributed by atoms with Crippen molar-refractivity contribution >= 4 is 0 Å². The van der Waals surface area contributed by atoms with Gasteiger partial charge in [-0.1, -0.05) is 13.8 Å². The van der Waals surface area contributed by atoms with E-state index in [2.05, 4.69) is 34.7 Å². The summed E-state index contributed by atoms with van der Waals surface area (Å²) < 4.78 is 24.9. The third kappa shape index (κ3) is 3.13. The Balaban J connectivity index is 1.33. The number of ether oxygens (including phenoxy) is 4. The molecule has 2 fully saturated rings. The van der Waals surface area contributed by atoms with Gasteiger partial charge in [0.05, 0.1) is 19.3 Å². The van der Waals surface area contributed by atoms with Gasteiger partial charge in [-0.15, -0.1) is 5.10 Å². The lowest BCUT2D eigenvalue weighted by atomic mass is 10.0. The van der Waals surface area contributed by atoms with E-state index in [0.29, 0.717) is 30.7 Å². The third-order valence-electron chi connectivity index (χ3n) is 5.59. The Labute approximate surface area is 163 Å². The summed E-state index contributed by atoms with van der Waals surface area (Å²) in [5.41, 5.74) is 0.877. The molecule has 0 saturated carbocycles. The summed E-state index contributed by atoms with van der Waals surface area (Å²) in [7, 11) is 0. The number of nitrogens with zero attached hydrogens (tertiary/aromatic N) is 4. The minimum absolute atomic E-state index is 0.0194. The topological polar surface area (TPSA) is 92.6 Å². The highest BCUT2D eigenvalue weighted by atomic mass is 16.7. The van der Waals surface area contributed by atoms with Gasteiger partial charge in [-0.05, 0) is 47.5 Å². The van der Waals surface area contributed by atoms with Crippen LogP contribution in [0.3, 0.4) is 0 Å². The van der Waals surface area contributed by atoms with E-state index >= 15 is 0 Å². The van der Waals surface area contributed by atoms with E-state index in [0.717, 1.165) is 24.3 Å². The zero-order valence-corrected chi connectivity index (χ0v) is 16.1. The first-order valence-corrected chi connectivity index (χ1v) is 9.85. The van der Waals surface area contributed by atoms with Crippen LogP contribution in [0.1, 0.15) is 26.3 Å². The molecule has 4 heterocycles. The van der Waals surface area contributed by atoms with Gasteiger partial charge in [0, 0.05) is 5.56 Å². The van der Waals surface area contributed by atoms with Crippen molar-refractivity contribution in [2.75, 3.05) is 26.6 Å². The van der Waals surface area contributed by atoms with E-state index in [9.17, 15) is 0 Å². The molecule has 0 spiro atoms. The molecule has 0 amide bonds. The lowest BCUT2D eigenvalue weighted by molar-refractivity contribution is 0.0621. The number of nitrogens with one attached hydrogen (secondary N) is 1. The molecular formula is C19H25N5O4. The Morgan fingerprint density at radius 1 is 1.14 bits per heavy atom. The zero-order chi connectivity index (χ0) is 19.1. The maximum absolute atomic E-state index is 6.10. The summed E-state index contributed by atoms with van der Waals surface area (Å²) in [6.45, 7) is 6.84. The largest absolute Gasteiger partial charge is 0.454 e. The molecular weight excluding hydrogens is 362 g/mol. The predicted molar refractivity (Wildman–Crippen MR) is 99.1 cm³/mol. The van der Waals surface area contributed by atoms with Gasteiger partial charge in [-0.2, -0.15) is 0 Å². The first-order valence-electron chi connectivity index (χ1n) is 9.85. The van der Waals surface area contributed by atoms with Crippen LogP contribution in [-0.4, -0.2) is 65.0 Å². The summed E-state index contributed by atoms with van der Waals surface area (Å²) in [5, 5.41) is 16.0. The molecule has 3 aliphatic heterocycles. The number of hydrogen-bond acceptors (Lipinski definition) is 8. The fourth-order valence-corrected chi connectivity index (χ4v) is 4.06. The van der Waals surface area contributed by atoms with Crippen LogP contribution in [0.15, 0.2) is 18.2 Å². The molecule has 2 saturated heterocycles. The van der Waals surface area contributed by atoms with Crippen molar-refractivity contribution in [3.8, 4) is 22.9 Å². The zero-order valence-electron chi connectivity index (χ0n) is 16.1. The molecule has 150 valence electrons. The molecule has 0 radical (unpaired) electrons. The van der Waals surface area contributed by atoms with E-state index < -0.39 is 0 Å². The number of hydrogen-bond donors (Lipinski definition) is 1. The number of fused-ring (bicyclic) bond motifs is 2. The second-order valence-corrected chi connectivity index (χ2v) is 7.92. The standard InChI is InChI=1S/C19H25N5O4/c1-11(2)5-6-20-13-8-25-18-14(9-26-17(13)18)24-19(21-22-23-24)12-3-4-15-16(7-12)28-10-27-15/h3-4,7,11,13-14,17-18,20H,5-6,8-10H2,1-2H3/t13-,14+,17-,18+/m1/s1. The predicted octanol–water partition coefficient (Wildman–Crippen LogP) is 1.41. The van der Waals surface area contributed by atoms with Gasteiger partial charge in [0.25, 0.3) is 0 Å². The van der Waals surface area contributed by atoms with Crippen LogP contribution in [0.4, 0.5) is 0 Å². The van der Waals surface area contributed by atoms with Crippen LogP contribution >= 0.6 is 0 Å². The molecule has 2 aromatic rings. The molecule has 0 unspecified atom stereocenters. The van der Waals surface area contributed by atoms with Gasteiger partial charge in [0.15, 0.2) is 17.3 Å². The van der Waals surface area contributed by atoms with Crippen LogP contribution in [0, 0.1) is 5.92 Å². The Kier molecular flexibility index (Phi) is 4.65. The van der Waals surface area contributed by atoms with Gasteiger partial charge in [0.2, 0.25) is 6.79 Å². The molecule has 28 heavy (non-hydrogen) atoms. The van der Waals surface area contributed by atoms with Crippen molar-refractivity contribution in [1.29, 1.82) is 0 Å². The van der Waals surface area contributed by atoms with Crippen molar-refractivity contribution in [2.45, 2.75) is 44.6 Å². The van der Waals surface area contributed by atoms with E-state index in [-0.39, 0.29) is 31.1 Å². The molecule has 5 rings (SSSR count). The molecule has 9 heteroatoms. The van der Waals surface area contributed by atoms with Crippen LogP contribution in [0.25, 0.3) is 11.4 Å². The number of rotatable bonds is 6. The highest BCUT2D eigenvalue weighted by Gasteiger charge is 2.49. The lowest BCUT2D eigenvalue weighted by Crippen LogP contribution is -2.41. The molecule has 0 bridgehead atoms. The minimum Gasteiger partial charge on any atom is -0.454 e. The number of benzene rings is 1. The Morgan fingerprint density at radius 3 is 2.89 bits per heavy atom. The molecule has 4 atom stereocenters. The third-order valence-corrected chi connectivity index (χ3v) is 5.59. The van der Waals surface area contributed by atoms with Crippen LogP contribution in [0.5, 0.6) is 11.5 Å². The summed E-state index contributed by atoms with van der Waals surface area (Å²) >= 11 is 0. The molecule has 1 aromatic carbocycles. The monoisotopic (exact) mass is 387 g/mol. The summed E-state index contributed by atoms with van der Waals surface area (Å²) in [6, 6.07) is 5.88. The highest BCUT2D eigenvalue weighted by Crippen LogP contribution is 2.38. The van der Waals surface area contributed by atoms with Crippen LogP contribution in [-0.2, 0) is 9.47 Å². The molecule has 9 nitrogen and oxygen atoms in total. The first kappa shape index (κ1) is 17.8. The Morgan fingerprint density at radius 2 is 2.00 bits per heavy atom. The van der Waals surface area contributed by atoms with Gasteiger partial charge >= 0.3 is 0 Å². The average molecular weight is 387 g/mol. The number of tetrazole rings is 1. The maximum Gasteiger partial charge on any atom is 0.231 e. The normalized spacial score (nSPS) is 28.2. The maximum atomic E-state index is 6.10.